The second-order valence-electron chi connectivity index (χ2n) is 4.21. The number of aromatic nitrogens is 1. The molecule has 0 atom stereocenters. The summed E-state index contributed by atoms with van der Waals surface area (Å²) in [5.74, 6) is -0.0227. The van der Waals surface area contributed by atoms with E-state index >= 15 is 0 Å². The molecule has 1 aromatic carbocycles. The first kappa shape index (κ1) is 13.3. The van der Waals surface area contributed by atoms with Crippen LogP contribution in [0.2, 0.25) is 0 Å². The highest BCUT2D eigenvalue weighted by Crippen LogP contribution is 2.28. The topological polar surface area (TPSA) is 54.0 Å². The number of hydrogen-bond donors (Lipinski definition) is 2. The van der Waals surface area contributed by atoms with Crippen LogP contribution < -0.4 is 10.6 Å². The number of nitrogens with one attached hydrogen (secondary N) is 2. The Morgan fingerprint density at radius 1 is 1.50 bits per heavy atom. The van der Waals surface area contributed by atoms with Crippen molar-refractivity contribution in [2.45, 2.75) is 19.9 Å². The number of carbonyl (C=O) groups is 1. The third-order valence-corrected chi connectivity index (χ3v) is 3.67. The monoisotopic (exact) mass is 327 g/mol. The van der Waals surface area contributed by atoms with E-state index in [2.05, 4.69) is 31.5 Å². The van der Waals surface area contributed by atoms with Gasteiger partial charge in [0, 0.05) is 10.5 Å². The maximum Gasteiger partial charge on any atom is 0.239 e. The van der Waals surface area contributed by atoms with Gasteiger partial charge in [-0.1, -0.05) is 27.3 Å². The average molecular weight is 328 g/mol. The highest BCUT2D eigenvalue weighted by atomic mass is 79.9. The zero-order valence-corrected chi connectivity index (χ0v) is 12.6. The fourth-order valence-electron chi connectivity index (χ4n) is 1.50. The standard InChI is InChI=1S/C12H14BrN3OS/c1-7(2)15-11(17)6-14-12-16-9-4-3-8(13)5-10(9)18-12/h3-5,7H,6H2,1-2H3,(H,14,16)(H,15,17). The van der Waals surface area contributed by atoms with Crippen LogP contribution in [-0.4, -0.2) is 23.5 Å². The van der Waals surface area contributed by atoms with Crippen molar-refractivity contribution in [2.24, 2.45) is 0 Å². The summed E-state index contributed by atoms with van der Waals surface area (Å²) >= 11 is 4.97. The highest BCUT2D eigenvalue weighted by molar-refractivity contribution is 9.10. The van der Waals surface area contributed by atoms with Crippen LogP contribution in [0.4, 0.5) is 5.13 Å². The molecule has 96 valence electrons. The number of nitrogens with zero attached hydrogens (tertiary/aromatic N) is 1. The molecule has 0 bridgehead atoms. The van der Waals surface area contributed by atoms with Crippen molar-refractivity contribution < 1.29 is 4.79 Å². The van der Waals surface area contributed by atoms with Crippen molar-refractivity contribution in [3.8, 4) is 0 Å². The molecule has 6 heteroatoms. The van der Waals surface area contributed by atoms with E-state index in [0.717, 1.165) is 19.8 Å². The molecule has 2 aromatic rings. The van der Waals surface area contributed by atoms with Gasteiger partial charge in [0.05, 0.1) is 16.8 Å². The fourth-order valence-corrected chi connectivity index (χ4v) is 2.92. The minimum atomic E-state index is -0.0227. The highest BCUT2D eigenvalue weighted by Gasteiger charge is 2.06. The molecule has 18 heavy (non-hydrogen) atoms. The van der Waals surface area contributed by atoms with Gasteiger partial charge in [0.2, 0.25) is 5.91 Å². The molecule has 0 saturated carbocycles. The van der Waals surface area contributed by atoms with Gasteiger partial charge in [0.25, 0.3) is 0 Å². The lowest BCUT2D eigenvalue weighted by atomic mass is 10.3. The second-order valence-corrected chi connectivity index (χ2v) is 6.15. The number of anilines is 1. The summed E-state index contributed by atoms with van der Waals surface area (Å²) < 4.78 is 2.12. The van der Waals surface area contributed by atoms with Gasteiger partial charge in [-0.3, -0.25) is 4.79 Å². The third-order valence-electron chi connectivity index (χ3n) is 2.20. The van der Waals surface area contributed by atoms with Crippen LogP contribution in [0.15, 0.2) is 22.7 Å². The summed E-state index contributed by atoms with van der Waals surface area (Å²) in [6.45, 7) is 4.12. The van der Waals surface area contributed by atoms with Crippen LogP contribution in [-0.2, 0) is 4.79 Å². The van der Waals surface area contributed by atoms with Crippen molar-refractivity contribution in [2.75, 3.05) is 11.9 Å². The molecule has 2 rings (SSSR count). The smallest absolute Gasteiger partial charge is 0.239 e. The molecule has 0 aliphatic heterocycles. The van der Waals surface area contributed by atoms with Gasteiger partial charge in [0.15, 0.2) is 5.13 Å². The molecule has 0 aliphatic rings. The Kier molecular flexibility index (Phi) is 4.19. The predicted molar refractivity (Wildman–Crippen MR) is 79.1 cm³/mol. The lowest BCUT2D eigenvalue weighted by molar-refractivity contribution is -0.119. The molecule has 4 nitrogen and oxygen atoms in total. The fraction of sp³-hybridized carbons (Fsp3) is 0.333. The molecule has 1 heterocycles. The molecule has 1 aromatic heterocycles. The summed E-state index contributed by atoms with van der Waals surface area (Å²) in [6.07, 6.45) is 0. The van der Waals surface area contributed by atoms with Gasteiger partial charge in [-0.25, -0.2) is 4.98 Å². The van der Waals surface area contributed by atoms with Crippen molar-refractivity contribution in [1.82, 2.24) is 10.3 Å². The number of hydrogen-bond acceptors (Lipinski definition) is 4. The quantitative estimate of drug-likeness (QED) is 0.907. The van der Waals surface area contributed by atoms with Gasteiger partial charge >= 0.3 is 0 Å². The van der Waals surface area contributed by atoms with Crippen LogP contribution in [0.5, 0.6) is 0 Å². The summed E-state index contributed by atoms with van der Waals surface area (Å²) in [4.78, 5) is 15.9. The Morgan fingerprint density at radius 3 is 3.00 bits per heavy atom. The van der Waals surface area contributed by atoms with Gasteiger partial charge in [-0.15, -0.1) is 0 Å². The Morgan fingerprint density at radius 2 is 2.28 bits per heavy atom. The van der Waals surface area contributed by atoms with Crippen LogP contribution in [0.1, 0.15) is 13.8 Å². The summed E-state index contributed by atoms with van der Waals surface area (Å²) in [5.41, 5.74) is 0.940. The van der Waals surface area contributed by atoms with Crippen molar-refractivity contribution in [1.29, 1.82) is 0 Å². The van der Waals surface area contributed by atoms with E-state index in [9.17, 15) is 4.79 Å². The molecule has 0 unspecified atom stereocenters. The zero-order valence-electron chi connectivity index (χ0n) is 10.2. The van der Waals surface area contributed by atoms with Crippen molar-refractivity contribution in [3.05, 3.63) is 22.7 Å². The van der Waals surface area contributed by atoms with E-state index in [1.807, 2.05) is 32.0 Å². The predicted octanol–water partition coefficient (Wildman–Crippen LogP) is 3.00. The third kappa shape index (κ3) is 3.43. The van der Waals surface area contributed by atoms with E-state index in [0.29, 0.717) is 0 Å². The van der Waals surface area contributed by atoms with E-state index in [1.54, 1.807) is 11.3 Å². The Balaban J connectivity index is 2.02. The molecule has 2 N–H and O–H groups in total. The van der Waals surface area contributed by atoms with E-state index in [4.69, 9.17) is 0 Å². The Bertz CT molecular complexity index is 567. The van der Waals surface area contributed by atoms with Gasteiger partial charge < -0.3 is 10.6 Å². The summed E-state index contributed by atoms with van der Waals surface area (Å²) in [5, 5.41) is 6.63. The normalized spacial score (nSPS) is 10.9. The molecular weight excluding hydrogens is 314 g/mol. The first-order chi connectivity index (χ1) is 8.54. The molecule has 0 fully saturated rings. The zero-order chi connectivity index (χ0) is 13.1. The molecule has 1 amide bonds. The first-order valence-corrected chi connectivity index (χ1v) is 7.25. The summed E-state index contributed by atoms with van der Waals surface area (Å²) in [7, 11) is 0. The Hall–Kier alpha value is -1.14. The van der Waals surface area contributed by atoms with Crippen LogP contribution in [0.25, 0.3) is 10.2 Å². The van der Waals surface area contributed by atoms with E-state index in [-0.39, 0.29) is 18.5 Å². The minimum absolute atomic E-state index is 0.0227. The lowest BCUT2D eigenvalue weighted by Gasteiger charge is -2.07. The molecule has 0 radical (unpaired) electrons. The molecular formula is C12H14BrN3OS. The number of thiazole rings is 1. The summed E-state index contributed by atoms with van der Waals surface area (Å²) in [6, 6.07) is 6.09. The lowest BCUT2D eigenvalue weighted by Crippen LogP contribution is -2.34. The number of fused-ring (bicyclic) bond motifs is 1. The van der Waals surface area contributed by atoms with Gasteiger partial charge in [-0.05, 0) is 32.0 Å². The maximum absolute atomic E-state index is 11.5. The van der Waals surface area contributed by atoms with Gasteiger partial charge in [0.1, 0.15) is 0 Å². The number of benzene rings is 1. The maximum atomic E-state index is 11.5. The number of halogens is 1. The minimum Gasteiger partial charge on any atom is -0.352 e. The van der Waals surface area contributed by atoms with Gasteiger partial charge in [-0.2, -0.15) is 0 Å². The Labute approximate surface area is 118 Å². The number of amides is 1. The number of carbonyl (C=O) groups excluding carboxylic acids is 1. The second kappa shape index (κ2) is 5.67. The van der Waals surface area contributed by atoms with Crippen LogP contribution in [0, 0.1) is 0 Å². The SMILES string of the molecule is CC(C)NC(=O)CNc1nc2ccc(Br)cc2s1. The van der Waals surface area contributed by atoms with E-state index < -0.39 is 0 Å². The largest absolute Gasteiger partial charge is 0.352 e. The van der Waals surface area contributed by atoms with Crippen LogP contribution in [0.3, 0.4) is 0 Å². The van der Waals surface area contributed by atoms with E-state index in [1.165, 1.54) is 0 Å². The molecule has 0 saturated heterocycles. The molecule has 0 spiro atoms. The average Bonchev–Trinajstić information content (AvgIpc) is 2.67. The molecule has 0 aliphatic carbocycles. The number of rotatable bonds is 4. The van der Waals surface area contributed by atoms with Crippen molar-refractivity contribution >= 4 is 48.5 Å². The van der Waals surface area contributed by atoms with Crippen LogP contribution >= 0.6 is 27.3 Å². The first-order valence-electron chi connectivity index (χ1n) is 5.64. The van der Waals surface area contributed by atoms with Crippen molar-refractivity contribution in [3.63, 3.8) is 0 Å².